The molecule has 0 saturated heterocycles. The molecule has 1 fully saturated rings. The van der Waals surface area contributed by atoms with Crippen LogP contribution in [0.2, 0.25) is 10.0 Å². The van der Waals surface area contributed by atoms with Gasteiger partial charge in [0.1, 0.15) is 18.3 Å². The highest BCUT2D eigenvalue weighted by Crippen LogP contribution is 2.28. The Morgan fingerprint density at radius 2 is 1.67 bits per heavy atom. The van der Waals surface area contributed by atoms with Crippen LogP contribution in [0, 0.1) is 0 Å². The molecule has 11 heteroatoms. The Bertz CT molecular complexity index is 1480. The maximum atomic E-state index is 14.2. The number of anilines is 1. The number of amides is 2. The Morgan fingerprint density at radius 3 is 2.26 bits per heavy atom. The molecule has 3 aromatic rings. The molecule has 1 atom stereocenters. The van der Waals surface area contributed by atoms with Crippen molar-refractivity contribution in [3.05, 3.63) is 88.4 Å². The van der Waals surface area contributed by atoms with Gasteiger partial charge in [-0.15, -0.1) is 0 Å². The van der Waals surface area contributed by atoms with Crippen molar-refractivity contribution in [2.45, 2.75) is 62.6 Å². The third-order valence-electron chi connectivity index (χ3n) is 7.41. The van der Waals surface area contributed by atoms with Gasteiger partial charge in [0.05, 0.1) is 17.7 Å². The summed E-state index contributed by atoms with van der Waals surface area (Å²) >= 11 is 12.6. The van der Waals surface area contributed by atoms with E-state index < -0.39 is 28.5 Å². The quantitative estimate of drug-likeness (QED) is 0.262. The van der Waals surface area contributed by atoms with Gasteiger partial charge >= 0.3 is 0 Å². The molecule has 0 heterocycles. The van der Waals surface area contributed by atoms with Crippen LogP contribution in [0.3, 0.4) is 0 Å². The zero-order chi connectivity index (χ0) is 30.3. The average molecular weight is 633 g/mol. The summed E-state index contributed by atoms with van der Waals surface area (Å²) in [7, 11) is -2.65. The fraction of sp³-hybridized carbons (Fsp3) is 0.355. The van der Waals surface area contributed by atoms with Crippen LogP contribution in [0.1, 0.15) is 44.6 Å². The van der Waals surface area contributed by atoms with Crippen molar-refractivity contribution in [3.63, 3.8) is 0 Å². The van der Waals surface area contributed by atoms with Crippen molar-refractivity contribution in [1.82, 2.24) is 10.2 Å². The second kappa shape index (κ2) is 14.3. The largest absolute Gasteiger partial charge is 0.497 e. The molecule has 0 radical (unpaired) electrons. The number of carbonyl (C=O) groups is 2. The lowest BCUT2D eigenvalue weighted by Crippen LogP contribution is -2.53. The zero-order valence-electron chi connectivity index (χ0n) is 23.6. The Kier molecular flexibility index (Phi) is 10.8. The van der Waals surface area contributed by atoms with E-state index in [0.29, 0.717) is 27.8 Å². The van der Waals surface area contributed by atoms with Gasteiger partial charge in [0.2, 0.25) is 11.8 Å². The minimum Gasteiger partial charge on any atom is -0.497 e. The second-order valence-corrected chi connectivity index (χ2v) is 12.9. The van der Waals surface area contributed by atoms with E-state index in [0.717, 1.165) is 30.0 Å². The highest BCUT2D eigenvalue weighted by Gasteiger charge is 2.34. The van der Waals surface area contributed by atoms with Crippen molar-refractivity contribution < 1.29 is 22.7 Å². The van der Waals surface area contributed by atoms with Gasteiger partial charge in [-0.2, -0.15) is 0 Å². The van der Waals surface area contributed by atoms with Crippen molar-refractivity contribution in [2.75, 3.05) is 18.0 Å². The summed E-state index contributed by atoms with van der Waals surface area (Å²) in [4.78, 5) is 29.2. The summed E-state index contributed by atoms with van der Waals surface area (Å²) in [5, 5.41) is 3.88. The van der Waals surface area contributed by atoms with Crippen LogP contribution < -0.4 is 14.4 Å². The lowest BCUT2D eigenvalue weighted by molar-refractivity contribution is -0.140. The van der Waals surface area contributed by atoms with Crippen LogP contribution >= 0.6 is 23.2 Å². The monoisotopic (exact) mass is 631 g/mol. The number of ether oxygens (including phenoxy) is 1. The minimum atomic E-state index is -4.16. The van der Waals surface area contributed by atoms with Gasteiger partial charge in [0, 0.05) is 22.6 Å². The lowest BCUT2D eigenvalue weighted by Gasteiger charge is -2.34. The Labute approximate surface area is 257 Å². The summed E-state index contributed by atoms with van der Waals surface area (Å²) in [5.74, 6) is -0.287. The number of carbonyl (C=O) groups excluding carboxylic acids is 2. The molecular formula is C31H35Cl2N3O5S. The van der Waals surface area contributed by atoms with E-state index >= 15 is 0 Å². The SMILES string of the molecule is CC[C@@H](C(=O)NC1CCCC1)N(Cc1ccc(Cl)cc1Cl)C(=O)CN(c1ccc(OC)cc1)S(=O)(=O)c1ccccc1. The zero-order valence-corrected chi connectivity index (χ0v) is 26.0. The molecule has 1 aliphatic carbocycles. The number of hydrogen-bond donors (Lipinski definition) is 1. The second-order valence-electron chi connectivity index (χ2n) is 10.2. The summed E-state index contributed by atoms with van der Waals surface area (Å²) in [5.41, 5.74) is 0.865. The Hall–Kier alpha value is -3.27. The van der Waals surface area contributed by atoms with E-state index in [9.17, 15) is 18.0 Å². The van der Waals surface area contributed by atoms with Gasteiger partial charge in [-0.3, -0.25) is 13.9 Å². The maximum absolute atomic E-state index is 14.2. The molecular weight excluding hydrogens is 597 g/mol. The predicted molar refractivity (Wildman–Crippen MR) is 165 cm³/mol. The normalized spacial score (nSPS) is 14.3. The number of methoxy groups -OCH3 is 1. The summed E-state index contributed by atoms with van der Waals surface area (Å²) in [6, 6.07) is 18.5. The van der Waals surface area contributed by atoms with Crippen LogP contribution in [-0.2, 0) is 26.2 Å². The number of hydrogen-bond acceptors (Lipinski definition) is 5. The molecule has 224 valence electrons. The molecule has 0 aromatic heterocycles. The Balaban J connectivity index is 1.72. The number of halogens is 2. The third-order valence-corrected chi connectivity index (χ3v) is 9.79. The molecule has 0 unspecified atom stereocenters. The van der Waals surface area contributed by atoms with Gasteiger partial charge in [-0.1, -0.05) is 67.2 Å². The highest BCUT2D eigenvalue weighted by atomic mass is 35.5. The van der Waals surface area contributed by atoms with Crippen molar-refractivity contribution in [1.29, 1.82) is 0 Å². The number of sulfonamides is 1. The molecule has 4 rings (SSSR count). The third kappa shape index (κ3) is 7.56. The number of nitrogens with zero attached hydrogens (tertiary/aromatic N) is 2. The molecule has 1 N–H and O–H groups in total. The maximum Gasteiger partial charge on any atom is 0.264 e. The van der Waals surface area contributed by atoms with Crippen LogP contribution in [0.5, 0.6) is 5.75 Å². The first kappa shape index (κ1) is 31.7. The minimum absolute atomic E-state index is 0.00668. The lowest BCUT2D eigenvalue weighted by atomic mass is 10.1. The summed E-state index contributed by atoms with van der Waals surface area (Å²) < 4.78 is 34.1. The fourth-order valence-corrected chi connectivity index (χ4v) is 7.02. The van der Waals surface area contributed by atoms with E-state index in [-0.39, 0.29) is 29.1 Å². The average Bonchev–Trinajstić information content (AvgIpc) is 3.50. The molecule has 3 aromatic carbocycles. The fourth-order valence-electron chi connectivity index (χ4n) is 5.12. The predicted octanol–water partition coefficient (Wildman–Crippen LogP) is 6.06. The molecule has 0 bridgehead atoms. The molecule has 42 heavy (non-hydrogen) atoms. The first-order valence-electron chi connectivity index (χ1n) is 13.9. The van der Waals surface area contributed by atoms with E-state index in [1.165, 1.54) is 24.1 Å². The highest BCUT2D eigenvalue weighted by molar-refractivity contribution is 7.92. The van der Waals surface area contributed by atoms with Crippen LogP contribution in [0.4, 0.5) is 5.69 Å². The first-order chi connectivity index (χ1) is 20.1. The Morgan fingerprint density at radius 1 is 1.00 bits per heavy atom. The van der Waals surface area contributed by atoms with Crippen LogP contribution in [-0.4, -0.2) is 50.9 Å². The molecule has 8 nitrogen and oxygen atoms in total. The number of nitrogens with one attached hydrogen (secondary N) is 1. The van der Waals surface area contributed by atoms with E-state index in [1.807, 2.05) is 6.92 Å². The van der Waals surface area contributed by atoms with Gasteiger partial charge in [-0.25, -0.2) is 8.42 Å². The number of rotatable bonds is 12. The number of benzene rings is 3. The summed E-state index contributed by atoms with van der Waals surface area (Å²) in [6.45, 7) is 1.28. The van der Waals surface area contributed by atoms with Gasteiger partial charge in [0.25, 0.3) is 10.0 Å². The van der Waals surface area contributed by atoms with E-state index in [2.05, 4.69) is 5.32 Å². The van der Waals surface area contributed by atoms with Crippen LogP contribution in [0.25, 0.3) is 0 Å². The molecule has 0 spiro atoms. The molecule has 2 amide bonds. The van der Waals surface area contributed by atoms with E-state index in [4.69, 9.17) is 27.9 Å². The molecule has 1 aliphatic rings. The first-order valence-corrected chi connectivity index (χ1v) is 16.1. The topological polar surface area (TPSA) is 96.0 Å². The van der Waals surface area contributed by atoms with Crippen molar-refractivity contribution >= 4 is 50.7 Å². The van der Waals surface area contributed by atoms with Crippen molar-refractivity contribution in [3.8, 4) is 5.75 Å². The van der Waals surface area contributed by atoms with E-state index in [1.54, 1.807) is 60.7 Å². The van der Waals surface area contributed by atoms with Crippen LogP contribution in [0.15, 0.2) is 77.7 Å². The van der Waals surface area contributed by atoms with Gasteiger partial charge < -0.3 is 15.0 Å². The standard InChI is InChI=1S/C31H35Cl2N3O5S/c1-3-29(31(38)34-24-9-7-8-10-24)35(20-22-13-14-23(32)19-28(22)33)30(37)21-36(25-15-17-26(41-2)18-16-25)42(39,40)27-11-5-4-6-12-27/h4-6,11-19,24,29H,3,7-10,20-21H2,1-2H3,(H,34,38)/t29-/m0/s1. The van der Waals surface area contributed by atoms with Crippen molar-refractivity contribution in [2.24, 2.45) is 0 Å². The van der Waals surface area contributed by atoms with Gasteiger partial charge in [0.15, 0.2) is 0 Å². The molecule has 1 saturated carbocycles. The summed E-state index contributed by atoms with van der Waals surface area (Å²) in [6.07, 6.45) is 4.18. The smallest absolute Gasteiger partial charge is 0.264 e. The van der Waals surface area contributed by atoms with Gasteiger partial charge in [-0.05, 0) is 73.4 Å². The molecule has 0 aliphatic heterocycles.